The van der Waals surface area contributed by atoms with Crippen molar-refractivity contribution in [2.75, 3.05) is 20.2 Å². The second-order valence-corrected chi connectivity index (χ2v) is 9.45. The van der Waals surface area contributed by atoms with Crippen molar-refractivity contribution >= 4 is 17.1 Å². The Labute approximate surface area is 205 Å². The molecule has 2 heterocycles. The van der Waals surface area contributed by atoms with E-state index in [4.69, 9.17) is 9.72 Å². The quantitative estimate of drug-likeness (QED) is 0.426. The van der Waals surface area contributed by atoms with Crippen LogP contribution in [0.3, 0.4) is 0 Å². The van der Waals surface area contributed by atoms with Crippen LogP contribution in [0, 0.1) is 12.8 Å². The smallest absolute Gasteiger partial charge is 0.330 e. The third-order valence-electron chi connectivity index (χ3n) is 5.95. The molecule has 1 aromatic carbocycles. The fourth-order valence-electron chi connectivity index (χ4n) is 3.96. The molecule has 0 aliphatic carbocycles. The maximum absolute atomic E-state index is 12.8. The number of rotatable bonds is 12. The topological polar surface area (TPSA) is 102 Å². The fraction of sp³-hybridized carbons (Fsp3) is 0.538. The van der Waals surface area contributed by atoms with Crippen LogP contribution < -0.4 is 16.0 Å². The molecule has 0 bridgehead atoms. The number of aromatic nitrogens is 4. The van der Waals surface area contributed by atoms with Gasteiger partial charge in [-0.3, -0.25) is 19.1 Å². The van der Waals surface area contributed by atoms with E-state index in [9.17, 15) is 14.4 Å². The Kier molecular flexibility index (Phi) is 8.89. The first kappa shape index (κ1) is 26.2. The molecule has 3 rings (SSSR count). The average Bonchev–Trinajstić information content (AvgIpc) is 3.16. The number of hydrogen-bond donors (Lipinski definition) is 1. The molecular weight excluding hydrogens is 446 g/mol. The summed E-state index contributed by atoms with van der Waals surface area (Å²) < 4.78 is 9.14. The van der Waals surface area contributed by atoms with Crippen molar-refractivity contribution in [1.82, 2.24) is 24.0 Å². The number of H-pyrrole nitrogens is 1. The number of imidazole rings is 1. The molecule has 1 amide bonds. The van der Waals surface area contributed by atoms with Gasteiger partial charge in [-0.25, -0.2) is 9.78 Å². The first-order valence-electron chi connectivity index (χ1n) is 12.4. The van der Waals surface area contributed by atoms with Crippen LogP contribution in [0.25, 0.3) is 11.2 Å². The molecule has 9 nitrogen and oxygen atoms in total. The van der Waals surface area contributed by atoms with Gasteiger partial charge >= 0.3 is 5.69 Å². The lowest BCUT2D eigenvalue weighted by molar-refractivity contribution is -0.130. The lowest BCUT2D eigenvalue weighted by Crippen LogP contribution is -2.31. The highest BCUT2D eigenvalue weighted by Crippen LogP contribution is 2.16. The third kappa shape index (κ3) is 6.61. The van der Waals surface area contributed by atoms with E-state index in [2.05, 4.69) is 18.8 Å². The molecule has 0 saturated heterocycles. The average molecular weight is 484 g/mol. The minimum Gasteiger partial charge on any atom is -0.492 e. The number of hydrogen-bond acceptors (Lipinski definition) is 5. The van der Waals surface area contributed by atoms with E-state index in [-0.39, 0.29) is 18.2 Å². The number of fused-ring (bicyclic) bond motifs is 1. The Morgan fingerprint density at radius 2 is 1.89 bits per heavy atom. The summed E-state index contributed by atoms with van der Waals surface area (Å²) in [6, 6.07) is 7.80. The molecule has 0 aliphatic rings. The molecule has 0 radical (unpaired) electrons. The Morgan fingerprint density at radius 1 is 1.17 bits per heavy atom. The van der Waals surface area contributed by atoms with Crippen LogP contribution in [0.5, 0.6) is 5.75 Å². The maximum Gasteiger partial charge on any atom is 0.330 e. The summed E-state index contributed by atoms with van der Waals surface area (Å²) in [5, 5.41) is 0. The van der Waals surface area contributed by atoms with Crippen molar-refractivity contribution in [1.29, 1.82) is 0 Å². The van der Waals surface area contributed by atoms with Crippen LogP contribution in [0.1, 0.15) is 51.4 Å². The van der Waals surface area contributed by atoms with Gasteiger partial charge in [0.15, 0.2) is 11.2 Å². The lowest BCUT2D eigenvalue weighted by Gasteiger charge is -2.18. The minimum absolute atomic E-state index is 0.0297. The molecule has 35 heavy (non-hydrogen) atoms. The summed E-state index contributed by atoms with van der Waals surface area (Å²) in [7, 11) is 1.76. The number of amides is 1. The van der Waals surface area contributed by atoms with Gasteiger partial charge in [0.05, 0.1) is 6.54 Å². The molecule has 9 heteroatoms. The number of benzene rings is 1. The van der Waals surface area contributed by atoms with Crippen molar-refractivity contribution in [2.45, 2.75) is 66.5 Å². The molecule has 190 valence electrons. The normalized spacial score (nSPS) is 11.4. The van der Waals surface area contributed by atoms with Crippen molar-refractivity contribution in [3.05, 3.63) is 56.5 Å². The van der Waals surface area contributed by atoms with Crippen molar-refractivity contribution in [3.63, 3.8) is 0 Å². The van der Waals surface area contributed by atoms with Crippen molar-refractivity contribution < 1.29 is 9.53 Å². The molecule has 1 N–H and O–H groups in total. The number of carbonyl (C=O) groups is 1. The molecule has 0 aliphatic heterocycles. The van der Waals surface area contributed by atoms with Crippen LogP contribution in [0.15, 0.2) is 33.9 Å². The van der Waals surface area contributed by atoms with E-state index < -0.39 is 11.2 Å². The molecule has 0 unspecified atom stereocenters. The predicted octanol–water partition coefficient (Wildman–Crippen LogP) is 3.12. The number of aromatic amines is 1. The molecule has 2 aromatic heterocycles. The second kappa shape index (κ2) is 11.9. The van der Waals surface area contributed by atoms with E-state index >= 15 is 0 Å². The number of aryl methyl sites for hydroxylation is 3. The van der Waals surface area contributed by atoms with Crippen molar-refractivity contribution in [2.24, 2.45) is 5.92 Å². The van der Waals surface area contributed by atoms with Crippen LogP contribution >= 0.6 is 0 Å². The summed E-state index contributed by atoms with van der Waals surface area (Å²) >= 11 is 0. The van der Waals surface area contributed by atoms with E-state index in [1.165, 1.54) is 4.57 Å². The second-order valence-electron chi connectivity index (χ2n) is 9.45. The maximum atomic E-state index is 12.8. The van der Waals surface area contributed by atoms with E-state index in [1.807, 2.05) is 42.7 Å². The monoisotopic (exact) mass is 483 g/mol. The standard InChI is InChI=1S/C26H37N5O4/c1-6-7-14-30-24-23(25(33)28-26(30)34)31(17-18(2)3)21(27-24)12-13-22(32)29(5)15-16-35-20-10-8-19(4)9-11-20/h8-11,18H,6-7,12-17H2,1-5H3,(H,28,33,34). The molecule has 3 aromatic rings. The summed E-state index contributed by atoms with van der Waals surface area (Å²) in [6.45, 7) is 10.1. The van der Waals surface area contributed by atoms with E-state index in [1.54, 1.807) is 11.9 Å². The van der Waals surface area contributed by atoms with E-state index in [0.717, 1.165) is 24.2 Å². The lowest BCUT2D eigenvalue weighted by atomic mass is 10.2. The molecule has 0 spiro atoms. The Balaban J connectivity index is 1.73. The Hall–Kier alpha value is -3.36. The van der Waals surface area contributed by atoms with Gasteiger partial charge in [0.25, 0.3) is 5.56 Å². The van der Waals surface area contributed by atoms with Crippen LogP contribution in [0.2, 0.25) is 0 Å². The molecule has 0 saturated carbocycles. The number of nitrogens with one attached hydrogen (secondary N) is 1. The van der Waals surface area contributed by atoms with Gasteiger partial charge in [-0.15, -0.1) is 0 Å². The first-order valence-corrected chi connectivity index (χ1v) is 12.4. The zero-order valence-electron chi connectivity index (χ0n) is 21.5. The third-order valence-corrected chi connectivity index (χ3v) is 5.95. The highest BCUT2D eigenvalue weighted by Gasteiger charge is 2.20. The highest BCUT2D eigenvalue weighted by molar-refractivity contribution is 5.76. The number of ether oxygens (including phenoxy) is 1. The van der Waals surface area contributed by atoms with Gasteiger partial charge in [-0.2, -0.15) is 0 Å². The van der Waals surface area contributed by atoms with Gasteiger partial charge in [0.2, 0.25) is 5.91 Å². The zero-order chi connectivity index (χ0) is 25.5. The highest BCUT2D eigenvalue weighted by atomic mass is 16.5. The molecule has 0 fully saturated rings. The summed E-state index contributed by atoms with van der Waals surface area (Å²) in [6.07, 6.45) is 2.35. The molecule has 0 atom stereocenters. The molecular formula is C26H37N5O4. The zero-order valence-corrected chi connectivity index (χ0v) is 21.5. The fourth-order valence-corrected chi connectivity index (χ4v) is 3.96. The van der Waals surface area contributed by atoms with Gasteiger partial charge in [0.1, 0.15) is 18.2 Å². The van der Waals surface area contributed by atoms with Crippen molar-refractivity contribution in [3.8, 4) is 5.75 Å². The van der Waals surface area contributed by atoms with Crippen LogP contribution in [-0.4, -0.2) is 50.1 Å². The van der Waals surface area contributed by atoms with Crippen LogP contribution in [-0.2, 0) is 24.3 Å². The van der Waals surface area contributed by atoms with Gasteiger partial charge < -0.3 is 14.2 Å². The van der Waals surface area contributed by atoms with Gasteiger partial charge in [-0.05, 0) is 31.4 Å². The Bertz CT molecular complexity index is 1250. The largest absolute Gasteiger partial charge is 0.492 e. The van der Waals surface area contributed by atoms with Crippen LogP contribution in [0.4, 0.5) is 0 Å². The minimum atomic E-state index is -0.443. The SMILES string of the molecule is CCCCn1c(=O)[nH]c(=O)c2c1nc(CCC(=O)N(C)CCOc1ccc(C)cc1)n2CC(C)C. The van der Waals surface area contributed by atoms with Gasteiger partial charge in [0, 0.05) is 33.0 Å². The number of likely N-dealkylation sites (N-methyl/N-ethyl adjacent to an activating group) is 1. The van der Waals surface area contributed by atoms with E-state index in [0.29, 0.717) is 49.7 Å². The Morgan fingerprint density at radius 3 is 2.54 bits per heavy atom. The summed E-state index contributed by atoms with van der Waals surface area (Å²) in [4.78, 5) is 46.8. The number of carbonyl (C=O) groups excluding carboxylic acids is 1. The summed E-state index contributed by atoms with van der Waals surface area (Å²) in [5.74, 6) is 1.66. The van der Waals surface area contributed by atoms with Gasteiger partial charge in [-0.1, -0.05) is 44.9 Å². The number of nitrogens with zero attached hydrogens (tertiary/aromatic N) is 4. The predicted molar refractivity (Wildman–Crippen MR) is 137 cm³/mol. The first-order chi connectivity index (χ1) is 16.7. The number of unbranched alkanes of at least 4 members (excludes halogenated alkanes) is 1. The summed E-state index contributed by atoms with van der Waals surface area (Å²) in [5.41, 5.74) is 1.08.